The van der Waals surface area contributed by atoms with Crippen molar-refractivity contribution in [3.63, 3.8) is 0 Å². The minimum absolute atomic E-state index is 0.253. The number of phenolic OH excluding ortho intramolecular Hbond substituents is 1. The summed E-state index contributed by atoms with van der Waals surface area (Å²) >= 11 is 3.70. The molecule has 2 heterocycles. The van der Waals surface area contributed by atoms with Gasteiger partial charge in [-0.25, -0.2) is 0 Å². The van der Waals surface area contributed by atoms with Crippen LogP contribution in [-0.4, -0.2) is 24.9 Å². The third-order valence-corrected chi connectivity index (χ3v) is 5.53. The fraction of sp³-hybridized carbons (Fsp3) is 0.357. The third kappa shape index (κ3) is 2.32. The van der Waals surface area contributed by atoms with Crippen LogP contribution in [-0.2, 0) is 0 Å². The van der Waals surface area contributed by atoms with Gasteiger partial charge in [0.1, 0.15) is 5.75 Å². The molecule has 3 aromatic rings. The number of fused-ring (bicyclic) bond motifs is 1. The van der Waals surface area contributed by atoms with Crippen LogP contribution in [0, 0.1) is 3.57 Å². The first-order valence-electron chi connectivity index (χ1n) is 6.93. The molecular formula is C14H13IN4OS. The highest BCUT2D eigenvalue weighted by molar-refractivity contribution is 14.1. The van der Waals surface area contributed by atoms with Crippen molar-refractivity contribution in [2.24, 2.45) is 0 Å². The second-order valence-electron chi connectivity index (χ2n) is 5.30. The first-order valence-corrected chi connectivity index (χ1v) is 8.83. The van der Waals surface area contributed by atoms with Crippen molar-refractivity contribution in [1.29, 1.82) is 0 Å². The first-order chi connectivity index (χ1) is 10.2. The molecule has 0 spiro atoms. The van der Waals surface area contributed by atoms with E-state index in [0.29, 0.717) is 5.92 Å². The van der Waals surface area contributed by atoms with Crippen LogP contribution >= 0.6 is 33.9 Å². The van der Waals surface area contributed by atoms with Crippen LogP contribution in [0.25, 0.3) is 15.5 Å². The number of hydrogen-bond donors (Lipinski definition) is 1. The summed E-state index contributed by atoms with van der Waals surface area (Å²) in [5, 5.41) is 24.0. The molecule has 2 aromatic heterocycles. The van der Waals surface area contributed by atoms with Gasteiger partial charge in [-0.05, 0) is 53.6 Å². The Morgan fingerprint density at radius 1 is 1.24 bits per heavy atom. The summed E-state index contributed by atoms with van der Waals surface area (Å²) in [6, 6.07) is 5.53. The van der Waals surface area contributed by atoms with Gasteiger partial charge in [0, 0.05) is 9.49 Å². The number of aromatic hydroxyl groups is 1. The average molecular weight is 412 g/mol. The molecule has 1 aliphatic rings. The van der Waals surface area contributed by atoms with Gasteiger partial charge in [0.15, 0.2) is 10.8 Å². The number of nitrogens with zero attached hydrogens (tertiary/aromatic N) is 4. The van der Waals surface area contributed by atoms with Gasteiger partial charge in [0.25, 0.3) is 0 Å². The second kappa shape index (κ2) is 5.20. The van der Waals surface area contributed by atoms with E-state index in [1.54, 1.807) is 6.07 Å². The van der Waals surface area contributed by atoms with Gasteiger partial charge in [-0.15, -0.1) is 10.2 Å². The van der Waals surface area contributed by atoms with Gasteiger partial charge in [-0.1, -0.05) is 24.2 Å². The first kappa shape index (κ1) is 13.4. The van der Waals surface area contributed by atoms with E-state index in [1.165, 1.54) is 37.0 Å². The molecule has 108 valence electrons. The van der Waals surface area contributed by atoms with E-state index in [0.717, 1.165) is 24.9 Å². The molecule has 1 saturated carbocycles. The lowest BCUT2D eigenvalue weighted by Gasteiger charge is -2.04. The molecule has 0 atom stereocenters. The van der Waals surface area contributed by atoms with E-state index in [9.17, 15) is 5.11 Å². The summed E-state index contributed by atoms with van der Waals surface area (Å²) in [4.78, 5) is 0.796. The lowest BCUT2D eigenvalue weighted by atomic mass is 10.1. The van der Waals surface area contributed by atoms with Gasteiger partial charge in [0.05, 0.1) is 5.56 Å². The molecule has 1 fully saturated rings. The molecular weight excluding hydrogens is 399 g/mol. The average Bonchev–Trinajstić information content (AvgIpc) is 3.15. The minimum Gasteiger partial charge on any atom is -0.507 e. The molecule has 1 N–H and O–H groups in total. The molecule has 21 heavy (non-hydrogen) atoms. The lowest BCUT2D eigenvalue weighted by molar-refractivity contribution is 0.477. The highest BCUT2D eigenvalue weighted by Gasteiger charge is 2.24. The number of hydrogen-bond acceptors (Lipinski definition) is 5. The molecule has 0 unspecified atom stereocenters. The van der Waals surface area contributed by atoms with E-state index in [2.05, 4.69) is 37.9 Å². The second-order valence-corrected chi connectivity index (χ2v) is 7.50. The zero-order chi connectivity index (χ0) is 14.4. The van der Waals surface area contributed by atoms with Crippen molar-refractivity contribution in [1.82, 2.24) is 19.8 Å². The molecule has 1 aliphatic carbocycles. The largest absolute Gasteiger partial charge is 0.507 e. The van der Waals surface area contributed by atoms with Crippen LogP contribution in [0.3, 0.4) is 0 Å². The zero-order valence-electron chi connectivity index (χ0n) is 11.2. The Kier molecular flexibility index (Phi) is 3.33. The van der Waals surface area contributed by atoms with Gasteiger partial charge < -0.3 is 5.11 Å². The summed E-state index contributed by atoms with van der Waals surface area (Å²) in [5.74, 6) is 1.69. The monoisotopic (exact) mass is 412 g/mol. The van der Waals surface area contributed by atoms with E-state index >= 15 is 0 Å². The van der Waals surface area contributed by atoms with Gasteiger partial charge in [-0.2, -0.15) is 9.61 Å². The predicted octanol–water partition coefficient (Wildman–Crippen LogP) is 3.82. The van der Waals surface area contributed by atoms with E-state index in [4.69, 9.17) is 0 Å². The highest BCUT2D eigenvalue weighted by Crippen LogP contribution is 2.36. The maximum atomic E-state index is 10.0. The van der Waals surface area contributed by atoms with E-state index in [1.807, 2.05) is 16.6 Å². The van der Waals surface area contributed by atoms with Gasteiger partial charge in [-0.3, -0.25) is 0 Å². The Hall–Kier alpha value is -1.22. The Bertz CT molecular complexity index is 807. The fourth-order valence-electron chi connectivity index (χ4n) is 2.86. The molecule has 0 saturated heterocycles. The fourth-order valence-corrected chi connectivity index (χ4v) is 4.22. The quantitative estimate of drug-likeness (QED) is 0.651. The van der Waals surface area contributed by atoms with Crippen LogP contribution in [0.2, 0.25) is 0 Å². The van der Waals surface area contributed by atoms with Crippen LogP contribution in [0.1, 0.15) is 37.4 Å². The number of benzene rings is 1. The standard InChI is InChI=1S/C14H13IN4OS/c15-9-5-6-11(20)10(7-9)13-18-19-12(8-3-1-2-4-8)16-17-14(19)21-13/h5-8,20H,1-4H2. The highest BCUT2D eigenvalue weighted by atomic mass is 127. The zero-order valence-corrected chi connectivity index (χ0v) is 14.1. The predicted molar refractivity (Wildman–Crippen MR) is 89.7 cm³/mol. The van der Waals surface area contributed by atoms with Crippen LogP contribution in [0.5, 0.6) is 5.75 Å². The number of phenols is 1. The molecule has 5 nitrogen and oxygen atoms in total. The molecule has 0 radical (unpaired) electrons. The number of halogens is 1. The van der Waals surface area contributed by atoms with Crippen molar-refractivity contribution in [2.45, 2.75) is 31.6 Å². The molecule has 0 amide bonds. The third-order valence-electron chi connectivity index (χ3n) is 3.92. The summed E-state index contributed by atoms with van der Waals surface area (Å²) in [5.41, 5.74) is 0.759. The van der Waals surface area contributed by atoms with E-state index < -0.39 is 0 Å². The van der Waals surface area contributed by atoms with E-state index in [-0.39, 0.29) is 5.75 Å². The summed E-state index contributed by atoms with van der Waals surface area (Å²) < 4.78 is 2.93. The minimum atomic E-state index is 0.253. The maximum absolute atomic E-state index is 10.0. The molecule has 7 heteroatoms. The molecule has 1 aromatic carbocycles. The Balaban J connectivity index is 1.82. The molecule has 4 rings (SSSR count). The summed E-state index contributed by atoms with van der Waals surface area (Å²) in [6.07, 6.45) is 4.85. The summed E-state index contributed by atoms with van der Waals surface area (Å²) in [7, 11) is 0. The molecule has 0 bridgehead atoms. The number of rotatable bonds is 2. The van der Waals surface area contributed by atoms with Crippen LogP contribution < -0.4 is 0 Å². The Labute approximate surface area is 139 Å². The maximum Gasteiger partial charge on any atom is 0.234 e. The Morgan fingerprint density at radius 2 is 2.05 bits per heavy atom. The normalized spacial score (nSPS) is 16.0. The summed E-state index contributed by atoms with van der Waals surface area (Å²) in [6.45, 7) is 0. The van der Waals surface area contributed by atoms with Crippen molar-refractivity contribution >= 4 is 38.9 Å². The van der Waals surface area contributed by atoms with Crippen molar-refractivity contribution in [3.05, 3.63) is 27.6 Å². The Morgan fingerprint density at radius 3 is 2.86 bits per heavy atom. The van der Waals surface area contributed by atoms with Crippen molar-refractivity contribution in [2.75, 3.05) is 0 Å². The number of aromatic nitrogens is 4. The smallest absolute Gasteiger partial charge is 0.234 e. The molecule has 0 aliphatic heterocycles. The SMILES string of the molecule is Oc1ccc(I)cc1-c1nn2c(C3CCCC3)nnc2s1. The van der Waals surface area contributed by atoms with Crippen LogP contribution in [0.15, 0.2) is 18.2 Å². The van der Waals surface area contributed by atoms with Gasteiger partial charge in [0.2, 0.25) is 4.96 Å². The topological polar surface area (TPSA) is 63.3 Å². The van der Waals surface area contributed by atoms with Crippen molar-refractivity contribution < 1.29 is 5.11 Å². The van der Waals surface area contributed by atoms with Crippen molar-refractivity contribution in [3.8, 4) is 16.3 Å². The van der Waals surface area contributed by atoms with Gasteiger partial charge >= 0.3 is 0 Å². The lowest BCUT2D eigenvalue weighted by Crippen LogP contribution is -2.01. The van der Waals surface area contributed by atoms with Crippen LogP contribution in [0.4, 0.5) is 0 Å².